The summed E-state index contributed by atoms with van der Waals surface area (Å²) in [7, 11) is 0. The molecular formula is C10H10Cl2OS. The van der Waals surface area contributed by atoms with E-state index in [-0.39, 0.29) is 5.41 Å². The van der Waals surface area contributed by atoms with Crippen LogP contribution in [0.4, 0.5) is 0 Å². The predicted octanol–water partition coefficient (Wildman–Crippen LogP) is 3.19. The lowest BCUT2D eigenvalue weighted by atomic mass is 9.80. The monoisotopic (exact) mass is 248 g/mol. The quantitative estimate of drug-likeness (QED) is 0.792. The van der Waals surface area contributed by atoms with E-state index in [1.165, 1.54) is 0 Å². The zero-order valence-corrected chi connectivity index (χ0v) is 9.87. The third-order valence-corrected chi connectivity index (χ3v) is 3.94. The van der Waals surface area contributed by atoms with Gasteiger partial charge in [-0.3, -0.25) is 0 Å². The van der Waals surface area contributed by atoms with E-state index >= 15 is 0 Å². The fraction of sp³-hybridized carbons (Fsp3) is 0.400. The smallest absolute Gasteiger partial charge is 0.0595 e. The number of halogens is 2. The first-order valence-corrected chi connectivity index (χ1v) is 5.71. The highest BCUT2D eigenvalue weighted by Gasteiger charge is 2.39. The third kappa shape index (κ3) is 1.65. The van der Waals surface area contributed by atoms with Crippen molar-refractivity contribution in [1.82, 2.24) is 0 Å². The molecule has 0 bridgehead atoms. The topological polar surface area (TPSA) is 9.23 Å². The number of hydrogen-bond acceptors (Lipinski definition) is 2. The molecule has 1 heterocycles. The van der Waals surface area contributed by atoms with Crippen LogP contribution in [0.2, 0.25) is 10.0 Å². The minimum absolute atomic E-state index is 0.0390. The van der Waals surface area contributed by atoms with Crippen molar-refractivity contribution < 1.29 is 4.74 Å². The van der Waals surface area contributed by atoms with Gasteiger partial charge in [-0.25, -0.2) is 0 Å². The van der Waals surface area contributed by atoms with Gasteiger partial charge >= 0.3 is 0 Å². The predicted molar refractivity (Wildman–Crippen MR) is 62.8 cm³/mol. The van der Waals surface area contributed by atoms with Crippen molar-refractivity contribution in [3.63, 3.8) is 0 Å². The minimum Gasteiger partial charge on any atom is -0.379 e. The Hall–Kier alpha value is 0.110. The lowest BCUT2D eigenvalue weighted by Crippen LogP contribution is -2.48. The van der Waals surface area contributed by atoms with Crippen LogP contribution in [-0.4, -0.2) is 19.0 Å². The van der Waals surface area contributed by atoms with Crippen LogP contribution in [-0.2, 0) is 10.2 Å². The van der Waals surface area contributed by atoms with E-state index in [0.717, 1.165) is 11.3 Å². The molecule has 1 aliphatic heterocycles. The van der Waals surface area contributed by atoms with Crippen LogP contribution in [0.1, 0.15) is 5.56 Å². The number of ether oxygens (including phenoxy) is 1. The van der Waals surface area contributed by atoms with Crippen molar-refractivity contribution >= 4 is 35.8 Å². The van der Waals surface area contributed by atoms with E-state index < -0.39 is 0 Å². The average molecular weight is 249 g/mol. The first-order chi connectivity index (χ1) is 6.68. The van der Waals surface area contributed by atoms with Gasteiger partial charge in [-0.05, 0) is 17.7 Å². The van der Waals surface area contributed by atoms with Crippen LogP contribution in [0.5, 0.6) is 0 Å². The molecule has 1 saturated heterocycles. The molecule has 1 aromatic rings. The van der Waals surface area contributed by atoms with Crippen molar-refractivity contribution in [2.24, 2.45) is 0 Å². The Morgan fingerprint density at radius 2 is 2.00 bits per heavy atom. The Labute approximate surface area is 98.8 Å². The summed E-state index contributed by atoms with van der Waals surface area (Å²) in [6.45, 7) is 1.43. The van der Waals surface area contributed by atoms with Crippen LogP contribution in [0.15, 0.2) is 18.2 Å². The van der Waals surface area contributed by atoms with Crippen molar-refractivity contribution in [2.75, 3.05) is 19.0 Å². The van der Waals surface area contributed by atoms with Crippen LogP contribution >= 0.6 is 35.8 Å². The molecule has 1 aliphatic rings. The minimum atomic E-state index is 0.0390. The van der Waals surface area contributed by atoms with Crippen LogP contribution in [0.25, 0.3) is 0 Å². The number of hydrogen-bond donors (Lipinski definition) is 1. The fourth-order valence-corrected chi connectivity index (χ4v) is 2.19. The maximum atomic E-state index is 5.96. The Balaban J connectivity index is 2.36. The number of benzene rings is 1. The van der Waals surface area contributed by atoms with Gasteiger partial charge in [0.1, 0.15) is 0 Å². The molecule has 0 radical (unpaired) electrons. The molecule has 0 amide bonds. The molecule has 0 aromatic heterocycles. The van der Waals surface area contributed by atoms with Crippen molar-refractivity contribution in [2.45, 2.75) is 5.41 Å². The number of rotatable bonds is 2. The Morgan fingerprint density at radius 1 is 1.29 bits per heavy atom. The molecule has 0 spiro atoms. The molecule has 0 unspecified atom stereocenters. The molecule has 1 aromatic carbocycles. The third-order valence-electron chi connectivity index (χ3n) is 2.59. The highest BCUT2D eigenvalue weighted by Crippen LogP contribution is 2.36. The average Bonchev–Trinajstić information content (AvgIpc) is 2.10. The zero-order valence-electron chi connectivity index (χ0n) is 7.46. The summed E-state index contributed by atoms with van der Waals surface area (Å²) in [6.07, 6.45) is 0. The fourth-order valence-electron chi connectivity index (χ4n) is 1.52. The van der Waals surface area contributed by atoms with Crippen molar-refractivity contribution in [3.8, 4) is 0 Å². The van der Waals surface area contributed by atoms with Gasteiger partial charge in [0.05, 0.1) is 28.7 Å². The summed E-state index contributed by atoms with van der Waals surface area (Å²) in [4.78, 5) is 0. The molecule has 0 aliphatic carbocycles. The maximum Gasteiger partial charge on any atom is 0.0595 e. The van der Waals surface area contributed by atoms with Gasteiger partial charge in [-0.15, -0.1) is 0 Å². The molecule has 14 heavy (non-hydrogen) atoms. The van der Waals surface area contributed by atoms with Gasteiger partial charge in [0.25, 0.3) is 0 Å². The molecule has 0 saturated carbocycles. The SMILES string of the molecule is SCC1(c2ccc(Cl)c(Cl)c2)COC1. The summed E-state index contributed by atoms with van der Waals surface area (Å²) in [6, 6.07) is 5.72. The molecular weight excluding hydrogens is 239 g/mol. The highest BCUT2D eigenvalue weighted by molar-refractivity contribution is 7.80. The van der Waals surface area contributed by atoms with Crippen molar-refractivity contribution in [3.05, 3.63) is 33.8 Å². The number of thiol groups is 1. The van der Waals surface area contributed by atoms with E-state index in [1.54, 1.807) is 0 Å². The normalized spacial score (nSPS) is 19.1. The summed E-state index contributed by atoms with van der Waals surface area (Å²) < 4.78 is 5.23. The molecule has 0 N–H and O–H groups in total. The maximum absolute atomic E-state index is 5.96. The van der Waals surface area contributed by atoms with Gasteiger partial charge in [-0.2, -0.15) is 12.6 Å². The molecule has 2 rings (SSSR count). The largest absolute Gasteiger partial charge is 0.379 e. The second-order valence-corrected chi connectivity index (χ2v) is 4.69. The Bertz CT molecular complexity index is 344. The highest BCUT2D eigenvalue weighted by atomic mass is 35.5. The van der Waals surface area contributed by atoms with Crippen LogP contribution in [0, 0.1) is 0 Å². The lowest BCUT2D eigenvalue weighted by molar-refractivity contribution is -0.0470. The van der Waals surface area contributed by atoms with Gasteiger partial charge in [-0.1, -0.05) is 29.3 Å². The van der Waals surface area contributed by atoms with Gasteiger partial charge in [0.15, 0.2) is 0 Å². The van der Waals surface area contributed by atoms with Gasteiger partial charge in [0, 0.05) is 5.75 Å². The Morgan fingerprint density at radius 3 is 2.43 bits per heavy atom. The van der Waals surface area contributed by atoms with Crippen molar-refractivity contribution in [1.29, 1.82) is 0 Å². The van der Waals surface area contributed by atoms with Gasteiger partial charge in [0.2, 0.25) is 0 Å². The van der Waals surface area contributed by atoms with Crippen LogP contribution < -0.4 is 0 Å². The van der Waals surface area contributed by atoms with E-state index in [2.05, 4.69) is 12.6 Å². The Kier molecular flexibility index (Phi) is 2.98. The molecule has 4 heteroatoms. The first kappa shape index (κ1) is 10.6. The molecule has 1 nitrogen and oxygen atoms in total. The second-order valence-electron chi connectivity index (χ2n) is 3.56. The molecule has 1 fully saturated rings. The molecule has 76 valence electrons. The lowest BCUT2D eigenvalue weighted by Gasteiger charge is -2.41. The van der Waals surface area contributed by atoms with E-state index in [1.807, 2.05) is 18.2 Å². The summed E-state index contributed by atoms with van der Waals surface area (Å²) in [5.74, 6) is 0.769. The zero-order chi connectivity index (χ0) is 10.2. The molecule has 0 atom stereocenters. The van der Waals surface area contributed by atoms with Crippen LogP contribution in [0.3, 0.4) is 0 Å². The van der Waals surface area contributed by atoms with E-state index in [4.69, 9.17) is 27.9 Å². The first-order valence-electron chi connectivity index (χ1n) is 4.32. The van der Waals surface area contributed by atoms with E-state index in [9.17, 15) is 0 Å². The standard InChI is InChI=1S/C10H10Cl2OS/c11-8-2-1-7(3-9(8)12)10(6-14)4-13-5-10/h1-3,14H,4-6H2. The van der Waals surface area contributed by atoms with Gasteiger partial charge < -0.3 is 4.74 Å². The van der Waals surface area contributed by atoms with E-state index in [0.29, 0.717) is 23.3 Å². The summed E-state index contributed by atoms with van der Waals surface area (Å²) in [5.41, 5.74) is 1.20. The summed E-state index contributed by atoms with van der Waals surface area (Å²) in [5, 5.41) is 1.18. The summed E-state index contributed by atoms with van der Waals surface area (Å²) >= 11 is 16.2. The second kappa shape index (κ2) is 3.93.